The molecule has 0 aromatic heterocycles. The number of nitrogens with one attached hydrogen (secondary N) is 1. The Morgan fingerprint density at radius 1 is 0.872 bits per heavy atom. The van der Waals surface area contributed by atoms with Crippen LogP contribution >= 0.6 is 0 Å². The number of amides is 3. The van der Waals surface area contributed by atoms with Gasteiger partial charge in [-0.3, -0.25) is 19.3 Å². The van der Waals surface area contributed by atoms with E-state index in [0.717, 1.165) is 6.42 Å². The van der Waals surface area contributed by atoms with Gasteiger partial charge in [-0.2, -0.15) is 0 Å². The minimum atomic E-state index is -0.679. The Morgan fingerprint density at radius 2 is 1.56 bits per heavy atom. The van der Waals surface area contributed by atoms with Crippen molar-refractivity contribution in [3.05, 3.63) is 90.0 Å². The van der Waals surface area contributed by atoms with Gasteiger partial charge in [0, 0.05) is 5.69 Å². The lowest BCUT2D eigenvalue weighted by Gasteiger charge is -2.28. The van der Waals surface area contributed by atoms with Crippen molar-refractivity contribution in [1.82, 2.24) is 0 Å². The maximum absolute atomic E-state index is 13.3. The molecule has 1 aliphatic carbocycles. The summed E-state index contributed by atoms with van der Waals surface area (Å²) in [4.78, 5) is 52.4. The molecule has 1 saturated heterocycles. The van der Waals surface area contributed by atoms with Gasteiger partial charge in [0.15, 0.2) is 6.61 Å². The van der Waals surface area contributed by atoms with Gasteiger partial charge in [-0.25, -0.2) is 4.79 Å². The highest BCUT2D eigenvalue weighted by Crippen LogP contribution is 2.45. The van der Waals surface area contributed by atoms with Gasteiger partial charge in [0.2, 0.25) is 11.8 Å². The number of imide groups is 1. The molecule has 0 unspecified atom stereocenters. The zero-order valence-corrected chi connectivity index (χ0v) is 21.7. The molecule has 0 bridgehead atoms. The summed E-state index contributed by atoms with van der Waals surface area (Å²) in [5.41, 5.74) is 2.40. The highest BCUT2D eigenvalue weighted by Gasteiger charge is 2.50. The first-order valence-corrected chi connectivity index (χ1v) is 13.2. The first-order chi connectivity index (χ1) is 18.9. The van der Waals surface area contributed by atoms with Crippen molar-refractivity contribution in [2.75, 3.05) is 23.4 Å². The summed E-state index contributed by atoms with van der Waals surface area (Å²) in [7, 11) is 0. The lowest BCUT2D eigenvalue weighted by atomic mass is 9.73. The fourth-order valence-corrected chi connectivity index (χ4v) is 5.42. The van der Waals surface area contributed by atoms with E-state index in [4.69, 9.17) is 9.47 Å². The molecule has 3 aromatic rings. The van der Waals surface area contributed by atoms with Crippen LogP contribution in [0.15, 0.2) is 78.9 Å². The summed E-state index contributed by atoms with van der Waals surface area (Å²) >= 11 is 0. The van der Waals surface area contributed by atoms with E-state index in [9.17, 15) is 19.2 Å². The number of esters is 1. The minimum absolute atomic E-state index is 0.183. The van der Waals surface area contributed by atoms with Gasteiger partial charge in [-0.15, -0.1) is 0 Å². The Morgan fingerprint density at radius 3 is 2.26 bits per heavy atom. The van der Waals surface area contributed by atoms with Crippen molar-refractivity contribution < 1.29 is 28.7 Å². The van der Waals surface area contributed by atoms with Crippen LogP contribution in [0.4, 0.5) is 11.4 Å². The predicted octanol–water partition coefficient (Wildman–Crippen LogP) is 4.95. The van der Waals surface area contributed by atoms with E-state index >= 15 is 0 Å². The van der Waals surface area contributed by atoms with Gasteiger partial charge in [0.1, 0.15) is 5.75 Å². The second-order valence-corrected chi connectivity index (χ2v) is 9.77. The molecule has 200 valence electrons. The summed E-state index contributed by atoms with van der Waals surface area (Å²) in [5.74, 6) is -1.22. The lowest BCUT2D eigenvalue weighted by Crippen LogP contribution is -2.30. The third-order valence-corrected chi connectivity index (χ3v) is 7.34. The Balaban J connectivity index is 1.17. The number of hydrogen-bond donors (Lipinski definition) is 1. The summed E-state index contributed by atoms with van der Waals surface area (Å²) in [5, 5.41) is 2.66. The Labute approximate surface area is 226 Å². The number of fused-ring (bicyclic) bond motifs is 1. The maximum Gasteiger partial charge on any atom is 0.338 e. The number of nitrogens with zero attached hydrogens (tertiary/aromatic N) is 1. The largest absolute Gasteiger partial charge is 0.494 e. The van der Waals surface area contributed by atoms with Crippen LogP contribution in [0.2, 0.25) is 0 Å². The van der Waals surface area contributed by atoms with Crippen LogP contribution in [0.5, 0.6) is 5.75 Å². The molecule has 3 amide bonds. The molecule has 8 nitrogen and oxygen atoms in total. The zero-order chi connectivity index (χ0) is 27.4. The molecule has 3 atom stereocenters. The van der Waals surface area contributed by atoms with Crippen molar-refractivity contribution in [2.45, 2.75) is 32.1 Å². The number of hydrogen-bond acceptors (Lipinski definition) is 6. The van der Waals surface area contributed by atoms with Crippen LogP contribution in [-0.4, -0.2) is 36.9 Å². The summed E-state index contributed by atoms with van der Waals surface area (Å²) in [6.07, 6.45) is 2.20. The fourth-order valence-electron chi connectivity index (χ4n) is 5.42. The van der Waals surface area contributed by atoms with Crippen molar-refractivity contribution in [3.8, 4) is 5.75 Å². The molecular formula is C31H30N2O6. The fraction of sp³-hybridized carbons (Fsp3) is 0.290. The topological polar surface area (TPSA) is 102 Å². The Kier molecular flexibility index (Phi) is 7.72. The number of carbonyl (C=O) groups excluding carboxylic acids is 4. The summed E-state index contributed by atoms with van der Waals surface area (Å²) in [6.45, 7) is 1.97. The minimum Gasteiger partial charge on any atom is -0.494 e. The summed E-state index contributed by atoms with van der Waals surface area (Å²) in [6, 6.07) is 23.1. The molecule has 3 aromatic carbocycles. The predicted molar refractivity (Wildman–Crippen MR) is 145 cm³/mol. The maximum atomic E-state index is 13.3. The molecule has 0 radical (unpaired) electrons. The second kappa shape index (κ2) is 11.5. The molecule has 1 saturated carbocycles. The van der Waals surface area contributed by atoms with Gasteiger partial charge < -0.3 is 14.8 Å². The van der Waals surface area contributed by atoms with Crippen LogP contribution in [0.1, 0.15) is 48.0 Å². The first-order valence-electron chi connectivity index (χ1n) is 13.2. The van der Waals surface area contributed by atoms with Gasteiger partial charge in [-0.1, -0.05) is 30.3 Å². The quantitative estimate of drug-likeness (QED) is 0.329. The molecule has 5 rings (SSSR count). The monoisotopic (exact) mass is 526 g/mol. The molecule has 0 spiro atoms. The highest BCUT2D eigenvalue weighted by molar-refractivity contribution is 6.22. The molecule has 2 aliphatic rings. The molecule has 1 N–H and O–H groups in total. The summed E-state index contributed by atoms with van der Waals surface area (Å²) < 4.78 is 10.5. The van der Waals surface area contributed by atoms with Crippen molar-refractivity contribution >= 4 is 35.1 Å². The van der Waals surface area contributed by atoms with Gasteiger partial charge in [-0.05, 0) is 86.2 Å². The molecule has 1 heterocycles. The van der Waals surface area contributed by atoms with Crippen LogP contribution in [0, 0.1) is 11.8 Å². The third-order valence-electron chi connectivity index (χ3n) is 7.34. The van der Waals surface area contributed by atoms with E-state index in [1.54, 1.807) is 36.4 Å². The molecule has 8 heteroatoms. The van der Waals surface area contributed by atoms with Crippen molar-refractivity contribution in [2.24, 2.45) is 11.8 Å². The first kappa shape index (κ1) is 26.2. The van der Waals surface area contributed by atoms with E-state index in [1.165, 1.54) is 22.6 Å². The normalized spacial score (nSPS) is 20.3. The smallest absolute Gasteiger partial charge is 0.338 e. The van der Waals surface area contributed by atoms with Crippen molar-refractivity contribution in [3.63, 3.8) is 0 Å². The standard InChI is InChI=1S/C31H30N2O6/c1-2-38-25-15-11-23(12-16-25)32-28(34)19-39-31(37)21-8-13-24(14-9-21)33-29(35)26-17-10-22(18-27(26)30(33)36)20-6-4-3-5-7-20/h3-9,11-16,22,26-27H,2,10,17-19H2,1H3,(H,32,34)/t22-,26-,27-/m1/s1. The Bertz CT molecular complexity index is 1350. The Hall–Kier alpha value is -4.46. The number of ether oxygens (including phenoxy) is 2. The number of rotatable bonds is 8. The third kappa shape index (κ3) is 5.70. The number of anilines is 2. The van der Waals surface area contributed by atoms with Crippen LogP contribution in [-0.2, 0) is 19.1 Å². The van der Waals surface area contributed by atoms with Crippen LogP contribution < -0.4 is 15.0 Å². The van der Waals surface area contributed by atoms with Crippen LogP contribution in [0.3, 0.4) is 0 Å². The van der Waals surface area contributed by atoms with E-state index in [0.29, 0.717) is 36.6 Å². The zero-order valence-electron chi connectivity index (χ0n) is 21.7. The van der Waals surface area contributed by atoms with Crippen LogP contribution in [0.25, 0.3) is 0 Å². The van der Waals surface area contributed by atoms with Crippen molar-refractivity contribution in [1.29, 1.82) is 0 Å². The highest BCUT2D eigenvalue weighted by atomic mass is 16.5. The average molecular weight is 527 g/mol. The van der Waals surface area contributed by atoms with E-state index < -0.39 is 18.5 Å². The second-order valence-electron chi connectivity index (χ2n) is 9.77. The molecular weight excluding hydrogens is 496 g/mol. The van der Waals surface area contributed by atoms with E-state index in [-0.39, 0.29) is 35.1 Å². The van der Waals surface area contributed by atoms with Gasteiger partial charge in [0.25, 0.3) is 5.91 Å². The van der Waals surface area contributed by atoms with E-state index in [2.05, 4.69) is 17.4 Å². The van der Waals surface area contributed by atoms with Gasteiger partial charge in [0.05, 0.1) is 29.7 Å². The number of carbonyl (C=O) groups is 4. The van der Waals surface area contributed by atoms with Gasteiger partial charge >= 0.3 is 5.97 Å². The molecule has 2 fully saturated rings. The SMILES string of the molecule is CCOc1ccc(NC(=O)COC(=O)c2ccc(N3C(=O)[C@@H]4CC[C@@H](c5ccccc5)C[C@H]4C3=O)cc2)cc1. The molecule has 1 aliphatic heterocycles. The lowest BCUT2D eigenvalue weighted by molar-refractivity contribution is -0.122. The molecule has 39 heavy (non-hydrogen) atoms. The van der Waals surface area contributed by atoms with E-state index in [1.807, 2.05) is 25.1 Å². The number of benzene rings is 3. The average Bonchev–Trinajstić information content (AvgIpc) is 3.22.